The molecule has 3 heterocycles. The Hall–Kier alpha value is -2.57. The Morgan fingerprint density at radius 1 is 1.24 bits per heavy atom. The lowest BCUT2D eigenvalue weighted by molar-refractivity contribution is 0.630. The van der Waals surface area contributed by atoms with Gasteiger partial charge in [-0.05, 0) is 25.0 Å². The van der Waals surface area contributed by atoms with E-state index < -0.39 is 0 Å². The molecule has 2 aliphatic rings. The molecule has 2 aliphatic heterocycles. The highest BCUT2D eigenvalue weighted by atomic mass is 15.3. The van der Waals surface area contributed by atoms with Crippen LogP contribution in [0.4, 0.5) is 5.69 Å². The maximum atomic E-state index is 4.36. The third-order valence-corrected chi connectivity index (χ3v) is 4.97. The summed E-state index contributed by atoms with van der Waals surface area (Å²) in [7, 11) is 1.81. The zero-order valence-corrected chi connectivity index (χ0v) is 14.6. The molecule has 1 atom stereocenters. The van der Waals surface area contributed by atoms with Gasteiger partial charge in [0.05, 0.1) is 6.54 Å². The number of benzene rings is 1. The third-order valence-electron chi connectivity index (χ3n) is 4.97. The van der Waals surface area contributed by atoms with Crippen LogP contribution < -0.4 is 15.5 Å². The highest BCUT2D eigenvalue weighted by Crippen LogP contribution is 2.19. The number of anilines is 1. The molecular formula is C18H25N7. The molecule has 2 N–H and O–H groups in total. The van der Waals surface area contributed by atoms with E-state index in [1.807, 2.05) is 7.05 Å². The standard InChI is InChI=1S/C18H25N7/c1-19-18(20-12-17-23-22-16-8-5-10-25(16)17)21-14-9-11-24(13-14)15-6-3-2-4-7-15/h2-4,6-7,14H,5,8-13H2,1H3,(H2,19,20,21). The number of para-hydroxylation sites is 1. The lowest BCUT2D eigenvalue weighted by atomic mass is 10.3. The summed E-state index contributed by atoms with van der Waals surface area (Å²) < 4.78 is 2.22. The topological polar surface area (TPSA) is 70.4 Å². The van der Waals surface area contributed by atoms with Gasteiger partial charge < -0.3 is 20.1 Å². The number of aromatic nitrogens is 3. The SMILES string of the molecule is CN=C(NCc1nnc2n1CCC2)NC1CCN(c2ccccc2)C1. The van der Waals surface area contributed by atoms with E-state index in [-0.39, 0.29) is 0 Å². The van der Waals surface area contributed by atoms with Crippen molar-refractivity contribution in [2.75, 3.05) is 25.0 Å². The minimum absolute atomic E-state index is 0.399. The lowest BCUT2D eigenvalue weighted by Gasteiger charge is -2.20. The van der Waals surface area contributed by atoms with E-state index >= 15 is 0 Å². The quantitative estimate of drug-likeness (QED) is 0.646. The van der Waals surface area contributed by atoms with Crippen molar-refractivity contribution in [3.05, 3.63) is 42.0 Å². The van der Waals surface area contributed by atoms with Crippen molar-refractivity contribution < 1.29 is 0 Å². The first-order valence-corrected chi connectivity index (χ1v) is 9.01. The van der Waals surface area contributed by atoms with Crippen LogP contribution in [0.15, 0.2) is 35.3 Å². The van der Waals surface area contributed by atoms with Crippen LogP contribution in [0.25, 0.3) is 0 Å². The molecule has 1 unspecified atom stereocenters. The molecule has 0 aliphatic carbocycles. The van der Waals surface area contributed by atoms with E-state index in [2.05, 4.69) is 65.6 Å². The van der Waals surface area contributed by atoms with Gasteiger partial charge in [0, 0.05) is 44.8 Å². The molecule has 7 heteroatoms. The second-order valence-corrected chi connectivity index (χ2v) is 6.62. The summed E-state index contributed by atoms with van der Waals surface area (Å²) in [4.78, 5) is 6.77. The summed E-state index contributed by atoms with van der Waals surface area (Å²) in [5.74, 6) is 2.93. The smallest absolute Gasteiger partial charge is 0.191 e. The van der Waals surface area contributed by atoms with Crippen LogP contribution in [0, 0.1) is 0 Å². The monoisotopic (exact) mass is 339 g/mol. The molecule has 0 spiro atoms. The number of hydrogen-bond acceptors (Lipinski definition) is 4. The van der Waals surface area contributed by atoms with Crippen LogP contribution in [0.3, 0.4) is 0 Å². The van der Waals surface area contributed by atoms with Crippen LogP contribution in [-0.4, -0.2) is 46.9 Å². The number of aryl methyl sites for hydroxylation is 1. The van der Waals surface area contributed by atoms with Gasteiger partial charge in [-0.25, -0.2) is 0 Å². The van der Waals surface area contributed by atoms with Gasteiger partial charge in [-0.1, -0.05) is 18.2 Å². The number of nitrogens with zero attached hydrogens (tertiary/aromatic N) is 5. The van der Waals surface area contributed by atoms with Crippen molar-refractivity contribution in [3.63, 3.8) is 0 Å². The first-order valence-electron chi connectivity index (χ1n) is 9.01. The maximum absolute atomic E-state index is 4.36. The Labute approximate surface area is 148 Å². The molecule has 1 aromatic carbocycles. The Kier molecular flexibility index (Phi) is 4.54. The zero-order chi connectivity index (χ0) is 17.1. The summed E-state index contributed by atoms with van der Waals surface area (Å²) in [5.41, 5.74) is 1.29. The molecule has 0 radical (unpaired) electrons. The fraction of sp³-hybridized carbons (Fsp3) is 0.500. The molecule has 25 heavy (non-hydrogen) atoms. The molecule has 1 aromatic heterocycles. The van der Waals surface area contributed by atoms with Crippen molar-refractivity contribution in [2.24, 2.45) is 4.99 Å². The van der Waals surface area contributed by atoms with Crippen LogP contribution in [-0.2, 0) is 19.5 Å². The van der Waals surface area contributed by atoms with Gasteiger partial charge in [0.15, 0.2) is 11.8 Å². The summed E-state index contributed by atoms with van der Waals surface area (Å²) >= 11 is 0. The van der Waals surface area contributed by atoms with Crippen molar-refractivity contribution in [1.29, 1.82) is 0 Å². The predicted octanol–water partition coefficient (Wildman–Crippen LogP) is 1.17. The van der Waals surface area contributed by atoms with Gasteiger partial charge in [-0.3, -0.25) is 4.99 Å². The molecule has 1 fully saturated rings. The first-order chi connectivity index (χ1) is 12.3. The fourth-order valence-electron chi connectivity index (χ4n) is 3.64. The van der Waals surface area contributed by atoms with Crippen molar-refractivity contribution >= 4 is 11.6 Å². The fourth-order valence-corrected chi connectivity index (χ4v) is 3.64. The first kappa shape index (κ1) is 15.9. The lowest BCUT2D eigenvalue weighted by Crippen LogP contribution is -2.44. The van der Waals surface area contributed by atoms with E-state index in [1.54, 1.807) is 0 Å². The van der Waals surface area contributed by atoms with Crippen molar-refractivity contribution in [1.82, 2.24) is 25.4 Å². The van der Waals surface area contributed by atoms with E-state index in [9.17, 15) is 0 Å². The number of hydrogen-bond donors (Lipinski definition) is 2. The van der Waals surface area contributed by atoms with Crippen LogP contribution in [0.5, 0.6) is 0 Å². The minimum atomic E-state index is 0.399. The van der Waals surface area contributed by atoms with E-state index in [0.717, 1.165) is 50.1 Å². The summed E-state index contributed by atoms with van der Waals surface area (Å²) in [6.07, 6.45) is 3.31. The van der Waals surface area contributed by atoms with Crippen molar-refractivity contribution in [3.8, 4) is 0 Å². The summed E-state index contributed by atoms with van der Waals surface area (Å²) in [6.45, 7) is 3.74. The molecular weight excluding hydrogens is 314 g/mol. The number of rotatable bonds is 4. The molecule has 0 amide bonds. The van der Waals surface area contributed by atoms with Crippen LogP contribution in [0.2, 0.25) is 0 Å². The van der Waals surface area contributed by atoms with Gasteiger partial charge in [0.25, 0.3) is 0 Å². The predicted molar refractivity (Wildman–Crippen MR) is 98.7 cm³/mol. The van der Waals surface area contributed by atoms with Gasteiger partial charge in [0.2, 0.25) is 0 Å². The van der Waals surface area contributed by atoms with Crippen LogP contribution >= 0.6 is 0 Å². The third kappa shape index (κ3) is 3.45. The molecule has 132 valence electrons. The average molecular weight is 339 g/mol. The number of nitrogens with one attached hydrogen (secondary N) is 2. The number of fused-ring (bicyclic) bond motifs is 1. The van der Waals surface area contributed by atoms with Gasteiger partial charge in [0.1, 0.15) is 5.82 Å². The second-order valence-electron chi connectivity index (χ2n) is 6.62. The zero-order valence-electron chi connectivity index (χ0n) is 14.6. The summed E-state index contributed by atoms with van der Waals surface area (Å²) in [6, 6.07) is 11.0. The largest absolute Gasteiger partial charge is 0.369 e. The second kappa shape index (κ2) is 7.13. The minimum Gasteiger partial charge on any atom is -0.369 e. The van der Waals surface area contributed by atoms with E-state index in [1.165, 1.54) is 12.1 Å². The molecule has 7 nitrogen and oxygen atoms in total. The Balaban J connectivity index is 1.30. The molecule has 2 aromatic rings. The molecule has 4 rings (SSSR count). The molecule has 1 saturated heterocycles. The normalized spacial score (nSPS) is 20.0. The number of guanidine groups is 1. The van der Waals surface area contributed by atoms with Gasteiger partial charge in [-0.2, -0.15) is 0 Å². The van der Waals surface area contributed by atoms with Crippen LogP contribution in [0.1, 0.15) is 24.5 Å². The average Bonchev–Trinajstić information content (AvgIpc) is 3.37. The van der Waals surface area contributed by atoms with Gasteiger partial charge in [-0.15, -0.1) is 10.2 Å². The Bertz CT molecular complexity index is 737. The molecule has 0 bridgehead atoms. The molecule has 0 saturated carbocycles. The highest BCUT2D eigenvalue weighted by Gasteiger charge is 2.23. The maximum Gasteiger partial charge on any atom is 0.191 e. The van der Waals surface area contributed by atoms with E-state index in [4.69, 9.17) is 0 Å². The Morgan fingerprint density at radius 3 is 2.96 bits per heavy atom. The van der Waals surface area contributed by atoms with E-state index in [0.29, 0.717) is 12.6 Å². The Morgan fingerprint density at radius 2 is 2.12 bits per heavy atom. The van der Waals surface area contributed by atoms with Gasteiger partial charge >= 0.3 is 0 Å². The number of aliphatic imine (C=N–C) groups is 1. The highest BCUT2D eigenvalue weighted by molar-refractivity contribution is 5.80. The summed E-state index contributed by atoms with van der Waals surface area (Å²) in [5, 5.41) is 15.5. The van der Waals surface area contributed by atoms with Crippen molar-refractivity contribution in [2.45, 2.75) is 38.4 Å².